The molecule has 1 aromatic rings. The molecule has 2 aliphatic heterocycles. The Kier molecular flexibility index (Phi) is 6.08. The van der Waals surface area contributed by atoms with Crippen molar-refractivity contribution in [1.29, 1.82) is 0 Å². The minimum atomic E-state index is 0. The van der Waals surface area contributed by atoms with Crippen molar-refractivity contribution in [2.24, 2.45) is 16.9 Å². The molecule has 3 heterocycles. The van der Waals surface area contributed by atoms with Gasteiger partial charge in [0, 0.05) is 19.3 Å². The second-order valence-corrected chi connectivity index (χ2v) is 6.00. The Morgan fingerprint density at radius 1 is 1.29 bits per heavy atom. The van der Waals surface area contributed by atoms with Gasteiger partial charge in [-0.05, 0) is 61.9 Å². The smallest absolute Gasteiger partial charge is 0.347 e. The molecule has 7 heteroatoms. The van der Waals surface area contributed by atoms with E-state index in [1.165, 1.54) is 25.7 Å². The van der Waals surface area contributed by atoms with Crippen molar-refractivity contribution in [3.05, 3.63) is 24.0 Å². The maximum Gasteiger partial charge on any atom is 1.00 e. The number of thiocarbonyl (C=S) groups is 1. The average Bonchev–Trinajstić information content (AvgIpc) is 2.82. The first-order valence-corrected chi connectivity index (χ1v) is 7.58. The van der Waals surface area contributed by atoms with E-state index in [0.717, 1.165) is 35.7 Å². The van der Waals surface area contributed by atoms with Crippen molar-refractivity contribution < 1.29 is 17.1 Å². The van der Waals surface area contributed by atoms with Gasteiger partial charge in [-0.1, -0.05) is 0 Å². The summed E-state index contributed by atoms with van der Waals surface area (Å²) in [7, 11) is 0. The molecule has 5 nitrogen and oxygen atoms in total. The zero-order valence-corrected chi connectivity index (χ0v) is 13.5. The Morgan fingerprint density at radius 3 is 2.52 bits per heavy atom. The molecular formula is C14H19CuN5S+. The van der Waals surface area contributed by atoms with E-state index in [4.69, 9.17) is 12.2 Å². The maximum absolute atomic E-state index is 5.45. The first-order valence-electron chi connectivity index (χ1n) is 7.17. The third kappa shape index (κ3) is 4.46. The van der Waals surface area contributed by atoms with Gasteiger partial charge in [-0.3, -0.25) is 5.43 Å². The van der Waals surface area contributed by atoms with E-state index in [1.54, 1.807) is 12.4 Å². The Hall–Kier alpha value is -1.04. The minimum Gasteiger partial charge on any atom is -0.347 e. The molecule has 1 N–H and O–H groups in total. The minimum absolute atomic E-state index is 0. The molecule has 21 heavy (non-hydrogen) atoms. The number of rotatable bonds is 2. The predicted octanol–water partition coefficient (Wildman–Crippen LogP) is 1.80. The quantitative estimate of drug-likeness (QED) is 0.381. The Morgan fingerprint density at radius 2 is 1.95 bits per heavy atom. The van der Waals surface area contributed by atoms with Crippen LogP contribution in [0.15, 0.2) is 23.4 Å². The standard InChI is InChI=1S/C14H19N5S.Cu/c20-14(18-16-8-13-2-1-7-15-17-13)19-9-11-3-4-12(10-19)6-5-11;/h1-2,7-8,11-12H,3-6,9-10H2,(H,18,20);/q;+1. The van der Waals surface area contributed by atoms with E-state index < -0.39 is 0 Å². The summed E-state index contributed by atoms with van der Waals surface area (Å²) in [4.78, 5) is 2.28. The fraction of sp³-hybridized carbons (Fsp3) is 0.571. The summed E-state index contributed by atoms with van der Waals surface area (Å²) in [5.41, 5.74) is 3.68. The summed E-state index contributed by atoms with van der Waals surface area (Å²) in [5.74, 6) is 1.61. The first-order chi connectivity index (χ1) is 9.81. The predicted molar refractivity (Wildman–Crippen MR) is 82.4 cm³/mol. The Bertz CT molecular complexity index is 473. The summed E-state index contributed by atoms with van der Waals surface area (Å²) in [6.07, 6.45) is 8.70. The molecule has 0 spiro atoms. The van der Waals surface area contributed by atoms with Crippen molar-refractivity contribution in [2.75, 3.05) is 13.1 Å². The fourth-order valence-corrected chi connectivity index (χ4v) is 3.27. The van der Waals surface area contributed by atoms with Crippen LogP contribution in [0.5, 0.6) is 0 Å². The van der Waals surface area contributed by atoms with Crippen LogP contribution in [0.1, 0.15) is 31.4 Å². The van der Waals surface area contributed by atoms with Crippen LogP contribution in [0.25, 0.3) is 0 Å². The summed E-state index contributed by atoms with van der Waals surface area (Å²) < 4.78 is 0. The van der Waals surface area contributed by atoms with Gasteiger partial charge >= 0.3 is 17.1 Å². The maximum atomic E-state index is 5.45. The van der Waals surface area contributed by atoms with Gasteiger partial charge in [-0.25, -0.2) is 0 Å². The van der Waals surface area contributed by atoms with Gasteiger partial charge in [0.2, 0.25) is 0 Å². The molecule has 116 valence electrons. The van der Waals surface area contributed by atoms with Gasteiger partial charge in [0.1, 0.15) is 5.69 Å². The van der Waals surface area contributed by atoms with Crippen LogP contribution >= 0.6 is 12.2 Å². The molecule has 1 aromatic heterocycles. The van der Waals surface area contributed by atoms with Gasteiger partial charge in [0.15, 0.2) is 5.11 Å². The topological polar surface area (TPSA) is 53.4 Å². The van der Waals surface area contributed by atoms with Crippen molar-refractivity contribution >= 4 is 23.5 Å². The summed E-state index contributed by atoms with van der Waals surface area (Å²) in [6, 6.07) is 3.69. The fourth-order valence-electron chi connectivity index (χ4n) is 3.07. The third-order valence-corrected chi connectivity index (χ3v) is 4.51. The Balaban J connectivity index is 0.00000161. The van der Waals surface area contributed by atoms with Gasteiger partial charge in [-0.2, -0.15) is 10.2 Å². The molecule has 2 bridgehead atoms. The summed E-state index contributed by atoms with van der Waals surface area (Å²) in [6.45, 7) is 2.14. The molecule has 0 radical (unpaired) electrons. The van der Waals surface area contributed by atoms with Crippen LogP contribution < -0.4 is 5.43 Å². The second-order valence-electron chi connectivity index (χ2n) is 5.62. The van der Waals surface area contributed by atoms with Crippen LogP contribution in [0.2, 0.25) is 0 Å². The van der Waals surface area contributed by atoms with E-state index >= 15 is 0 Å². The van der Waals surface area contributed by atoms with Gasteiger partial charge in [0.25, 0.3) is 0 Å². The molecule has 0 atom stereocenters. The third-order valence-electron chi connectivity index (χ3n) is 4.16. The number of fused-ring (bicyclic) bond motifs is 4. The van der Waals surface area contributed by atoms with E-state index in [9.17, 15) is 0 Å². The van der Waals surface area contributed by atoms with Crippen molar-refractivity contribution in [3.8, 4) is 0 Å². The van der Waals surface area contributed by atoms with E-state index in [-0.39, 0.29) is 17.1 Å². The van der Waals surface area contributed by atoms with Crippen molar-refractivity contribution in [3.63, 3.8) is 0 Å². The van der Waals surface area contributed by atoms with Crippen molar-refractivity contribution in [2.45, 2.75) is 25.7 Å². The van der Waals surface area contributed by atoms with Gasteiger partial charge < -0.3 is 4.90 Å². The zero-order chi connectivity index (χ0) is 13.8. The number of hydrazone groups is 1. The largest absolute Gasteiger partial charge is 1.00 e. The summed E-state index contributed by atoms with van der Waals surface area (Å²) in [5, 5.41) is 12.6. The normalized spacial score (nSPS) is 24.5. The number of nitrogens with zero attached hydrogens (tertiary/aromatic N) is 4. The number of hydrogen-bond donors (Lipinski definition) is 1. The van der Waals surface area contributed by atoms with Crippen LogP contribution in [-0.4, -0.2) is 39.5 Å². The van der Waals surface area contributed by atoms with Crippen LogP contribution in [0.3, 0.4) is 0 Å². The average molecular weight is 353 g/mol. The van der Waals surface area contributed by atoms with Crippen LogP contribution in [-0.2, 0) is 17.1 Å². The molecule has 3 aliphatic rings. The van der Waals surface area contributed by atoms with E-state index in [1.807, 2.05) is 12.1 Å². The molecule has 1 aliphatic carbocycles. The van der Waals surface area contributed by atoms with Crippen LogP contribution in [0.4, 0.5) is 0 Å². The zero-order valence-electron chi connectivity index (χ0n) is 11.7. The number of nitrogens with one attached hydrogen (secondary N) is 1. The molecule has 2 saturated heterocycles. The number of hydrogen-bond acceptors (Lipinski definition) is 4. The van der Waals surface area contributed by atoms with Crippen molar-refractivity contribution in [1.82, 2.24) is 20.5 Å². The van der Waals surface area contributed by atoms with E-state index in [0.29, 0.717) is 0 Å². The Labute approximate surface area is 141 Å². The molecule has 0 aromatic carbocycles. The molecule has 4 rings (SSSR count). The first kappa shape index (κ1) is 16.3. The van der Waals surface area contributed by atoms with Gasteiger partial charge in [-0.15, -0.1) is 5.10 Å². The molecular weight excluding hydrogens is 334 g/mol. The monoisotopic (exact) mass is 352 g/mol. The SMILES string of the molecule is S=C(NN=Cc1cccnn1)N1CC2CCC(CC2)C1.[Cu+]. The molecule has 3 fully saturated rings. The second kappa shape index (κ2) is 7.82. The molecule has 1 saturated carbocycles. The molecule has 0 amide bonds. The van der Waals surface area contributed by atoms with Gasteiger partial charge in [0.05, 0.1) is 6.21 Å². The molecule has 0 unspecified atom stereocenters. The van der Waals surface area contributed by atoms with Crippen LogP contribution in [0, 0.1) is 11.8 Å². The van der Waals surface area contributed by atoms with E-state index in [2.05, 4.69) is 25.6 Å². The summed E-state index contributed by atoms with van der Waals surface area (Å²) >= 11 is 5.45. The number of aromatic nitrogens is 2.